The molecule has 0 bridgehead atoms. The SMILES string of the molecule is C=CCC1=CC=CCC1=O. The molecule has 0 aliphatic heterocycles. The smallest absolute Gasteiger partial charge is 0.162 e. The van der Waals surface area contributed by atoms with Crippen molar-refractivity contribution in [1.29, 1.82) is 0 Å². The molecule has 0 radical (unpaired) electrons. The lowest BCUT2D eigenvalue weighted by molar-refractivity contribution is -0.114. The molecule has 1 rings (SSSR count). The van der Waals surface area contributed by atoms with E-state index in [4.69, 9.17) is 0 Å². The highest BCUT2D eigenvalue weighted by Crippen LogP contribution is 2.11. The Kier molecular flexibility index (Phi) is 2.21. The largest absolute Gasteiger partial charge is 0.294 e. The summed E-state index contributed by atoms with van der Waals surface area (Å²) in [5.74, 6) is 0.224. The summed E-state index contributed by atoms with van der Waals surface area (Å²) in [6.07, 6.45) is 8.65. The van der Waals surface area contributed by atoms with Crippen LogP contribution in [0.25, 0.3) is 0 Å². The molecule has 0 aromatic heterocycles. The maximum atomic E-state index is 11.0. The quantitative estimate of drug-likeness (QED) is 0.528. The van der Waals surface area contributed by atoms with Gasteiger partial charge in [0.25, 0.3) is 0 Å². The summed E-state index contributed by atoms with van der Waals surface area (Å²) in [6.45, 7) is 3.57. The summed E-state index contributed by atoms with van der Waals surface area (Å²) in [5.41, 5.74) is 0.873. The number of hydrogen-bond donors (Lipinski definition) is 0. The first-order chi connectivity index (χ1) is 4.84. The first kappa shape index (κ1) is 7.00. The highest BCUT2D eigenvalue weighted by Gasteiger charge is 2.06. The van der Waals surface area contributed by atoms with Gasteiger partial charge in [0.1, 0.15) is 0 Å². The molecule has 0 fully saturated rings. The number of rotatable bonds is 2. The van der Waals surface area contributed by atoms with Gasteiger partial charge in [-0.15, -0.1) is 6.58 Å². The van der Waals surface area contributed by atoms with Gasteiger partial charge >= 0.3 is 0 Å². The van der Waals surface area contributed by atoms with Gasteiger partial charge in [0.2, 0.25) is 0 Å². The van der Waals surface area contributed by atoms with E-state index in [0.717, 1.165) is 5.57 Å². The predicted octanol–water partition coefficient (Wildman–Crippen LogP) is 2.02. The molecule has 0 amide bonds. The Morgan fingerprint density at radius 3 is 3.10 bits per heavy atom. The van der Waals surface area contributed by atoms with Crippen LogP contribution in [0.15, 0.2) is 36.5 Å². The zero-order valence-electron chi connectivity index (χ0n) is 5.84. The zero-order valence-corrected chi connectivity index (χ0v) is 5.84. The molecule has 0 spiro atoms. The van der Waals surface area contributed by atoms with Crippen LogP contribution in [0.1, 0.15) is 12.8 Å². The van der Waals surface area contributed by atoms with Crippen molar-refractivity contribution in [3.05, 3.63) is 36.5 Å². The maximum Gasteiger partial charge on any atom is 0.162 e. The van der Waals surface area contributed by atoms with Gasteiger partial charge in [-0.2, -0.15) is 0 Å². The molecule has 1 heteroatoms. The average Bonchev–Trinajstić information content (AvgIpc) is 1.94. The van der Waals surface area contributed by atoms with Gasteiger partial charge in [-0.1, -0.05) is 24.3 Å². The molecule has 0 saturated heterocycles. The minimum absolute atomic E-state index is 0.224. The van der Waals surface area contributed by atoms with Crippen LogP contribution in [0.5, 0.6) is 0 Å². The van der Waals surface area contributed by atoms with Crippen molar-refractivity contribution < 1.29 is 4.79 Å². The summed E-state index contributed by atoms with van der Waals surface area (Å²) in [5, 5.41) is 0. The topological polar surface area (TPSA) is 17.1 Å². The molecule has 0 atom stereocenters. The van der Waals surface area contributed by atoms with Crippen molar-refractivity contribution in [1.82, 2.24) is 0 Å². The molecule has 0 unspecified atom stereocenters. The number of allylic oxidation sites excluding steroid dienone is 5. The molecule has 0 aromatic rings. The molecule has 0 aromatic carbocycles. The van der Waals surface area contributed by atoms with E-state index in [1.165, 1.54) is 0 Å². The lowest BCUT2D eigenvalue weighted by Crippen LogP contribution is -2.02. The third-order valence-corrected chi connectivity index (χ3v) is 1.46. The van der Waals surface area contributed by atoms with Crippen molar-refractivity contribution in [2.24, 2.45) is 0 Å². The van der Waals surface area contributed by atoms with Crippen LogP contribution in [0.3, 0.4) is 0 Å². The fraction of sp³-hybridized carbons (Fsp3) is 0.222. The van der Waals surface area contributed by atoms with Gasteiger partial charge in [0, 0.05) is 6.42 Å². The lowest BCUT2D eigenvalue weighted by atomic mass is 10.0. The van der Waals surface area contributed by atoms with Crippen molar-refractivity contribution >= 4 is 5.78 Å². The summed E-state index contributed by atoms with van der Waals surface area (Å²) in [7, 11) is 0. The number of carbonyl (C=O) groups excluding carboxylic acids is 1. The van der Waals surface area contributed by atoms with E-state index in [1.54, 1.807) is 6.08 Å². The maximum absolute atomic E-state index is 11.0. The van der Waals surface area contributed by atoms with Gasteiger partial charge < -0.3 is 0 Å². The van der Waals surface area contributed by atoms with E-state index in [1.807, 2.05) is 18.2 Å². The van der Waals surface area contributed by atoms with Crippen LogP contribution >= 0.6 is 0 Å². The molecule has 0 saturated carbocycles. The van der Waals surface area contributed by atoms with Gasteiger partial charge in [-0.05, 0) is 12.0 Å². The Hall–Kier alpha value is -1.11. The van der Waals surface area contributed by atoms with Crippen LogP contribution in [-0.2, 0) is 4.79 Å². The van der Waals surface area contributed by atoms with Crippen LogP contribution in [0.2, 0.25) is 0 Å². The molecular formula is C9H10O. The van der Waals surface area contributed by atoms with Crippen LogP contribution in [0, 0.1) is 0 Å². The minimum Gasteiger partial charge on any atom is -0.294 e. The number of ketones is 1. The Morgan fingerprint density at radius 2 is 2.50 bits per heavy atom. The van der Waals surface area contributed by atoms with E-state index in [2.05, 4.69) is 6.58 Å². The van der Waals surface area contributed by atoms with Crippen molar-refractivity contribution in [3.63, 3.8) is 0 Å². The molecule has 52 valence electrons. The predicted molar refractivity (Wildman–Crippen MR) is 41.7 cm³/mol. The van der Waals surface area contributed by atoms with Crippen molar-refractivity contribution in [3.8, 4) is 0 Å². The highest BCUT2D eigenvalue weighted by molar-refractivity contribution is 5.97. The van der Waals surface area contributed by atoms with Gasteiger partial charge in [0.05, 0.1) is 0 Å². The lowest BCUT2D eigenvalue weighted by Gasteiger charge is -2.03. The molecule has 1 aliphatic rings. The van der Waals surface area contributed by atoms with E-state index in [-0.39, 0.29) is 5.78 Å². The van der Waals surface area contributed by atoms with Crippen LogP contribution in [0.4, 0.5) is 0 Å². The first-order valence-electron chi connectivity index (χ1n) is 3.34. The zero-order chi connectivity index (χ0) is 7.40. The van der Waals surface area contributed by atoms with Crippen molar-refractivity contribution in [2.45, 2.75) is 12.8 Å². The summed E-state index contributed by atoms with van der Waals surface area (Å²) < 4.78 is 0. The second-order valence-electron chi connectivity index (χ2n) is 2.24. The third kappa shape index (κ3) is 1.44. The molecule has 1 aliphatic carbocycles. The van der Waals surface area contributed by atoms with Crippen LogP contribution in [-0.4, -0.2) is 5.78 Å². The van der Waals surface area contributed by atoms with E-state index < -0.39 is 0 Å². The van der Waals surface area contributed by atoms with Gasteiger partial charge in [0.15, 0.2) is 5.78 Å². The van der Waals surface area contributed by atoms with Crippen LogP contribution < -0.4 is 0 Å². The number of hydrogen-bond acceptors (Lipinski definition) is 1. The Labute approximate surface area is 60.7 Å². The van der Waals surface area contributed by atoms with E-state index in [0.29, 0.717) is 12.8 Å². The van der Waals surface area contributed by atoms with Gasteiger partial charge in [-0.3, -0.25) is 4.79 Å². The summed E-state index contributed by atoms with van der Waals surface area (Å²) in [4.78, 5) is 11.0. The molecule has 0 heterocycles. The summed E-state index contributed by atoms with van der Waals surface area (Å²) in [6, 6.07) is 0. The molecule has 1 nitrogen and oxygen atoms in total. The molecule has 0 N–H and O–H groups in total. The van der Waals surface area contributed by atoms with E-state index >= 15 is 0 Å². The second-order valence-corrected chi connectivity index (χ2v) is 2.24. The Balaban J connectivity index is 2.70. The Morgan fingerprint density at radius 1 is 1.70 bits per heavy atom. The molecular weight excluding hydrogens is 124 g/mol. The normalized spacial score (nSPS) is 16.8. The monoisotopic (exact) mass is 134 g/mol. The summed E-state index contributed by atoms with van der Waals surface area (Å²) >= 11 is 0. The average molecular weight is 134 g/mol. The standard InChI is InChI=1S/C9H10O/c1-2-5-8-6-3-4-7-9(8)10/h2-4,6H,1,5,7H2. The first-order valence-corrected chi connectivity index (χ1v) is 3.34. The van der Waals surface area contributed by atoms with E-state index in [9.17, 15) is 4.79 Å². The minimum atomic E-state index is 0.224. The molecule has 10 heavy (non-hydrogen) atoms. The Bertz CT molecular complexity index is 209. The second kappa shape index (κ2) is 3.16. The number of carbonyl (C=O) groups is 1. The van der Waals surface area contributed by atoms with Gasteiger partial charge in [-0.25, -0.2) is 0 Å². The number of Topliss-reactive ketones (excluding diaryl/α,β-unsaturated/α-hetero) is 1. The highest BCUT2D eigenvalue weighted by atomic mass is 16.1. The fourth-order valence-corrected chi connectivity index (χ4v) is 0.921. The van der Waals surface area contributed by atoms with Crippen molar-refractivity contribution in [2.75, 3.05) is 0 Å². The fourth-order valence-electron chi connectivity index (χ4n) is 0.921. The third-order valence-electron chi connectivity index (χ3n) is 1.46.